The molecule has 0 heterocycles. The largest absolute Gasteiger partial charge is 0.351 e. The number of carbonyl (C=O) groups excluding carboxylic acids is 1. The molecule has 2 rings (SSSR count). The summed E-state index contributed by atoms with van der Waals surface area (Å²) in [5, 5.41) is 6.25. The van der Waals surface area contributed by atoms with E-state index < -0.39 is 5.54 Å². The van der Waals surface area contributed by atoms with Crippen LogP contribution in [0, 0.1) is 11.8 Å². The molecular formula is C12H22N2O. The minimum Gasteiger partial charge on any atom is -0.351 e. The van der Waals surface area contributed by atoms with E-state index in [1.165, 1.54) is 25.7 Å². The van der Waals surface area contributed by atoms with E-state index >= 15 is 0 Å². The monoisotopic (exact) mass is 210 g/mol. The van der Waals surface area contributed by atoms with E-state index in [2.05, 4.69) is 10.6 Å². The fraction of sp³-hybridized carbons (Fsp3) is 0.917. The van der Waals surface area contributed by atoms with Crippen LogP contribution in [-0.4, -0.2) is 24.5 Å². The van der Waals surface area contributed by atoms with Crippen LogP contribution in [0.3, 0.4) is 0 Å². The average molecular weight is 210 g/mol. The Morgan fingerprint density at radius 3 is 2.47 bits per heavy atom. The second-order valence-electron chi connectivity index (χ2n) is 5.63. The SMILES string of the molecule is CNC(C)(C)C(=O)NC1CC2CCC1C2. The maximum atomic E-state index is 12.0. The number of likely N-dealkylation sites (N-methyl/N-ethyl adjacent to an activating group) is 1. The molecule has 2 bridgehead atoms. The van der Waals surface area contributed by atoms with Crippen molar-refractivity contribution < 1.29 is 4.79 Å². The van der Waals surface area contributed by atoms with Crippen LogP contribution in [-0.2, 0) is 4.79 Å². The van der Waals surface area contributed by atoms with Crippen molar-refractivity contribution in [3.05, 3.63) is 0 Å². The second kappa shape index (κ2) is 3.78. The topological polar surface area (TPSA) is 41.1 Å². The first-order chi connectivity index (χ1) is 7.03. The predicted octanol–water partition coefficient (Wildman–Crippen LogP) is 1.29. The zero-order valence-corrected chi connectivity index (χ0v) is 9.97. The summed E-state index contributed by atoms with van der Waals surface area (Å²) >= 11 is 0. The van der Waals surface area contributed by atoms with Crippen LogP contribution in [0.1, 0.15) is 39.5 Å². The summed E-state index contributed by atoms with van der Waals surface area (Å²) in [6.07, 6.45) is 5.24. The highest BCUT2D eigenvalue weighted by Gasteiger charge is 2.41. The van der Waals surface area contributed by atoms with E-state index in [0.717, 1.165) is 11.8 Å². The molecule has 0 aliphatic heterocycles. The lowest BCUT2D eigenvalue weighted by atomic mass is 9.94. The van der Waals surface area contributed by atoms with E-state index in [-0.39, 0.29) is 5.91 Å². The number of hydrogen-bond donors (Lipinski definition) is 2. The molecule has 2 N–H and O–H groups in total. The molecule has 0 aromatic carbocycles. The van der Waals surface area contributed by atoms with Crippen molar-refractivity contribution in [3.63, 3.8) is 0 Å². The second-order valence-corrected chi connectivity index (χ2v) is 5.63. The number of nitrogens with one attached hydrogen (secondary N) is 2. The molecule has 2 fully saturated rings. The van der Waals surface area contributed by atoms with Gasteiger partial charge in [0.25, 0.3) is 0 Å². The summed E-state index contributed by atoms with van der Waals surface area (Å²) in [6, 6.07) is 0.448. The van der Waals surface area contributed by atoms with Gasteiger partial charge in [0.05, 0.1) is 5.54 Å². The highest BCUT2D eigenvalue weighted by molar-refractivity contribution is 5.85. The standard InChI is InChI=1S/C12H22N2O/c1-12(2,13-3)11(15)14-10-7-8-4-5-9(10)6-8/h8-10,13H,4-7H2,1-3H3,(H,14,15). The third kappa shape index (κ3) is 2.03. The summed E-state index contributed by atoms with van der Waals surface area (Å²) < 4.78 is 0. The van der Waals surface area contributed by atoms with Crippen LogP contribution < -0.4 is 10.6 Å². The Hall–Kier alpha value is -0.570. The number of rotatable bonds is 3. The quantitative estimate of drug-likeness (QED) is 0.737. The number of fused-ring (bicyclic) bond motifs is 2. The van der Waals surface area contributed by atoms with Crippen molar-refractivity contribution in [2.24, 2.45) is 11.8 Å². The van der Waals surface area contributed by atoms with Crippen molar-refractivity contribution in [2.75, 3.05) is 7.05 Å². The summed E-state index contributed by atoms with van der Waals surface area (Å²) in [6.45, 7) is 3.85. The first-order valence-electron chi connectivity index (χ1n) is 6.03. The van der Waals surface area contributed by atoms with Gasteiger partial charge < -0.3 is 10.6 Å². The summed E-state index contributed by atoms with van der Waals surface area (Å²) in [5.74, 6) is 1.78. The Kier molecular flexibility index (Phi) is 2.75. The molecule has 0 spiro atoms. The van der Waals surface area contributed by atoms with Crippen molar-refractivity contribution >= 4 is 5.91 Å². The summed E-state index contributed by atoms with van der Waals surface area (Å²) in [4.78, 5) is 12.0. The molecular weight excluding hydrogens is 188 g/mol. The van der Waals surface area contributed by atoms with Gasteiger partial charge in [-0.05, 0) is 52.0 Å². The van der Waals surface area contributed by atoms with E-state index in [0.29, 0.717) is 6.04 Å². The van der Waals surface area contributed by atoms with Gasteiger partial charge in [0.15, 0.2) is 0 Å². The molecule has 3 atom stereocenters. The van der Waals surface area contributed by atoms with Gasteiger partial charge in [-0.15, -0.1) is 0 Å². The maximum Gasteiger partial charge on any atom is 0.239 e. The molecule has 2 saturated carbocycles. The molecule has 3 unspecified atom stereocenters. The number of amides is 1. The van der Waals surface area contributed by atoms with Gasteiger partial charge in [-0.25, -0.2) is 0 Å². The first kappa shape index (κ1) is 10.9. The van der Waals surface area contributed by atoms with E-state index in [4.69, 9.17) is 0 Å². The Labute approximate surface area is 92.0 Å². The van der Waals surface area contributed by atoms with Gasteiger partial charge in [0, 0.05) is 6.04 Å². The molecule has 3 nitrogen and oxygen atoms in total. The van der Waals surface area contributed by atoms with Crippen LogP contribution in [0.25, 0.3) is 0 Å². The predicted molar refractivity (Wildman–Crippen MR) is 60.5 cm³/mol. The van der Waals surface area contributed by atoms with Crippen molar-refractivity contribution in [2.45, 2.75) is 51.1 Å². The van der Waals surface area contributed by atoms with Crippen molar-refractivity contribution in [1.82, 2.24) is 10.6 Å². The summed E-state index contributed by atoms with van der Waals surface area (Å²) in [5.41, 5.74) is -0.443. The molecule has 2 aliphatic rings. The van der Waals surface area contributed by atoms with Gasteiger partial charge in [-0.2, -0.15) is 0 Å². The molecule has 15 heavy (non-hydrogen) atoms. The zero-order chi connectivity index (χ0) is 11.1. The average Bonchev–Trinajstić information content (AvgIpc) is 2.79. The molecule has 0 saturated heterocycles. The van der Waals surface area contributed by atoms with Crippen LogP contribution >= 0.6 is 0 Å². The highest BCUT2D eigenvalue weighted by Crippen LogP contribution is 2.44. The molecule has 86 valence electrons. The minimum absolute atomic E-state index is 0.141. The Morgan fingerprint density at radius 1 is 1.27 bits per heavy atom. The van der Waals surface area contributed by atoms with Crippen molar-refractivity contribution in [3.8, 4) is 0 Å². The molecule has 0 aromatic heterocycles. The zero-order valence-electron chi connectivity index (χ0n) is 9.97. The summed E-state index contributed by atoms with van der Waals surface area (Å²) in [7, 11) is 1.83. The van der Waals surface area contributed by atoms with Gasteiger partial charge in [0.2, 0.25) is 5.91 Å². The fourth-order valence-electron chi connectivity index (χ4n) is 2.88. The maximum absolute atomic E-state index is 12.0. The Morgan fingerprint density at radius 2 is 2.00 bits per heavy atom. The molecule has 2 aliphatic carbocycles. The fourth-order valence-corrected chi connectivity index (χ4v) is 2.88. The first-order valence-corrected chi connectivity index (χ1v) is 6.03. The lowest BCUT2D eigenvalue weighted by Crippen LogP contribution is -2.54. The van der Waals surface area contributed by atoms with Crippen molar-refractivity contribution in [1.29, 1.82) is 0 Å². The normalized spacial score (nSPS) is 34.5. The highest BCUT2D eigenvalue weighted by atomic mass is 16.2. The van der Waals surface area contributed by atoms with E-state index in [1.54, 1.807) is 0 Å². The number of hydrogen-bond acceptors (Lipinski definition) is 2. The third-order valence-corrected chi connectivity index (χ3v) is 4.25. The minimum atomic E-state index is -0.443. The molecule has 0 aromatic rings. The van der Waals surface area contributed by atoms with Crippen LogP contribution in [0.15, 0.2) is 0 Å². The number of carbonyl (C=O) groups is 1. The lowest BCUT2D eigenvalue weighted by Gasteiger charge is -2.29. The Balaban J connectivity index is 1.90. The Bertz CT molecular complexity index is 262. The van der Waals surface area contributed by atoms with Gasteiger partial charge in [-0.1, -0.05) is 6.42 Å². The molecule has 3 heteroatoms. The van der Waals surface area contributed by atoms with Gasteiger partial charge >= 0.3 is 0 Å². The van der Waals surface area contributed by atoms with Crippen LogP contribution in [0.2, 0.25) is 0 Å². The molecule has 1 amide bonds. The van der Waals surface area contributed by atoms with Crippen LogP contribution in [0.4, 0.5) is 0 Å². The van der Waals surface area contributed by atoms with Gasteiger partial charge in [-0.3, -0.25) is 4.79 Å². The van der Waals surface area contributed by atoms with Crippen LogP contribution in [0.5, 0.6) is 0 Å². The third-order valence-electron chi connectivity index (χ3n) is 4.25. The lowest BCUT2D eigenvalue weighted by molar-refractivity contribution is -0.127. The van der Waals surface area contributed by atoms with E-state index in [9.17, 15) is 4.79 Å². The van der Waals surface area contributed by atoms with Gasteiger partial charge in [0.1, 0.15) is 0 Å². The smallest absolute Gasteiger partial charge is 0.239 e. The van der Waals surface area contributed by atoms with E-state index in [1.807, 2.05) is 20.9 Å². The molecule has 0 radical (unpaired) electrons.